The molecule has 0 fully saturated rings. The molecule has 2 rings (SSSR count). The summed E-state index contributed by atoms with van der Waals surface area (Å²) in [7, 11) is -1.55. The van der Waals surface area contributed by atoms with E-state index in [-0.39, 0.29) is 10.8 Å². The fourth-order valence-corrected chi connectivity index (χ4v) is 5.09. The molecule has 0 saturated heterocycles. The zero-order valence-corrected chi connectivity index (χ0v) is 19.5. The first kappa shape index (κ1) is 23.3. The number of nitrogens with two attached hydrogens (primary N) is 1. The van der Waals surface area contributed by atoms with Crippen molar-refractivity contribution in [2.75, 3.05) is 30.1 Å². The number of nitrogens with zero attached hydrogens (tertiary/aromatic N) is 2. The number of hydrogen-bond acceptors (Lipinski definition) is 7. The number of aryl methyl sites for hydroxylation is 1. The quantitative estimate of drug-likeness (QED) is 0.654. The van der Waals surface area contributed by atoms with Crippen LogP contribution < -0.4 is 16.0 Å². The maximum Gasteiger partial charge on any atom is 0.223 e. The Balaban J connectivity index is 2.55. The number of amides is 1. The van der Waals surface area contributed by atoms with Gasteiger partial charge < -0.3 is 16.0 Å². The molecule has 7 nitrogen and oxygen atoms in total. The molecule has 3 N–H and O–H groups in total. The lowest BCUT2D eigenvalue weighted by Crippen LogP contribution is -2.48. The normalized spacial score (nSPS) is 12.1. The highest BCUT2D eigenvalue weighted by atomic mass is 32.2. The minimum Gasteiger partial charge on any atom is -0.372 e. The van der Waals surface area contributed by atoms with Gasteiger partial charge in [0.1, 0.15) is 0 Å². The predicted molar refractivity (Wildman–Crippen MR) is 120 cm³/mol. The Morgan fingerprint density at radius 2 is 1.93 bits per heavy atom. The van der Waals surface area contributed by atoms with E-state index in [0.717, 1.165) is 29.0 Å². The molecule has 0 atom stereocenters. The second-order valence-electron chi connectivity index (χ2n) is 7.49. The van der Waals surface area contributed by atoms with Gasteiger partial charge in [-0.25, -0.2) is 13.4 Å². The summed E-state index contributed by atoms with van der Waals surface area (Å²) in [6.45, 7) is 7.91. The standard InChI is InChI=1S/C20H30N4O3S2/c1-7-20(21,8-2)12-24(5)16-11-15(9-10-17(16)29(6,26)27)18-13(3)22-19(28-18)23-14(4)25/h9-11H,7-8,12,21H2,1-6H3,(H,22,23,25). The molecule has 9 heteroatoms. The molecule has 1 amide bonds. The van der Waals surface area contributed by atoms with Crippen molar-refractivity contribution in [2.45, 2.75) is 51.0 Å². The molecule has 0 bridgehead atoms. The van der Waals surface area contributed by atoms with Gasteiger partial charge in [-0.05, 0) is 37.5 Å². The van der Waals surface area contributed by atoms with Gasteiger partial charge >= 0.3 is 0 Å². The number of anilines is 2. The molecule has 0 unspecified atom stereocenters. The van der Waals surface area contributed by atoms with E-state index in [1.165, 1.54) is 24.5 Å². The van der Waals surface area contributed by atoms with Crippen molar-refractivity contribution >= 4 is 37.9 Å². The number of nitrogens with one attached hydrogen (secondary N) is 1. The number of aromatic nitrogens is 1. The zero-order valence-electron chi connectivity index (χ0n) is 17.9. The second kappa shape index (κ2) is 8.81. The number of rotatable bonds is 8. The van der Waals surface area contributed by atoms with Gasteiger partial charge in [-0.1, -0.05) is 31.3 Å². The first-order valence-electron chi connectivity index (χ1n) is 9.49. The largest absolute Gasteiger partial charge is 0.372 e. The maximum absolute atomic E-state index is 12.4. The third-order valence-corrected chi connectivity index (χ3v) is 7.34. The monoisotopic (exact) mass is 438 g/mol. The van der Waals surface area contributed by atoms with Gasteiger partial charge in [-0.3, -0.25) is 4.79 Å². The SMILES string of the molecule is CCC(N)(CC)CN(C)c1cc(-c2sc(NC(C)=O)nc2C)ccc1S(C)(=O)=O. The Morgan fingerprint density at radius 3 is 2.45 bits per heavy atom. The first-order valence-corrected chi connectivity index (χ1v) is 12.2. The van der Waals surface area contributed by atoms with Crippen LogP contribution in [0.3, 0.4) is 0 Å². The van der Waals surface area contributed by atoms with Crippen LogP contribution in [0.1, 0.15) is 39.3 Å². The fourth-order valence-electron chi connectivity index (χ4n) is 3.17. The minimum atomic E-state index is -3.42. The Hall–Kier alpha value is -1.97. The lowest BCUT2D eigenvalue weighted by atomic mass is 9.93. The second-order valence-corrected chi connectivity index (χ2v) is 10.5. The topological polar surface area (TPSA) is 105 Å². The lowest BCUT2D eigenvalue weighted by molar-refractivity contribution is -0.114. The van der Waals surface area contributed by atoms with Gasteiger partial charge in [0.15, 0.2) is 15.0 Å². The summed E-state index contributed by atoms with van der Waals surface area (Å²) in [5.41, 5.74) is 8.30. The smallest absolute Gasteiger partial charge is 0.223 e. The molecule has 0 aliphatic rings. The predicted octanol–water partition coefficient (Wildman–Crippen LogP) is 3.43. The van der Waals surface area contributed by atoms with Gasteiger partial charge in [0.25, 0.3) is 0 Å². The molecule has 0 spiro atoms. The van der Waals surface area contributed by atoms with E-state index in [9.17, 15) is 13.2 Å². The molecule has 160 valence electrons. The van der Waals surface area contributed by atoms with Gasteiger partial charge in [-0.2, -0.15) is 0 Å². The number of likely N-dealkylation sites (N-methyl/N-ethyl adjacent to an activating group) is 1. The van der Waals surface area contributed by atoms with Crippen molar-refractivity contribution in [3.63, 3.8) is 0 Å². The molecule has 29 heavy (non-hydrogen) atoms. The molecule has 0 saturated carbocycles. The van der Waals surface area contributed by atoms with Crippen LogP contribution in [0.15, 0.2) is 23.1 Å². The van der Waals surface area contributed by atoms with Crippen LogP contribution in [0.5, 0.6) is 0 Å². The minimum absolute atomic E-state index is 0.184. The summed E-state index contributed by atoms with van der Waals surface area (Å²) < 4.78 is 24.8. The Kier molecular flexibility index (Phi) is 7.08. The van der Waals surface area contributed by atoms with Crippen LogP contribution >= 0.6 is 11.3 Å². The van der Waals surface area contributed by atoms with Crippen molar-refractivity contribution in [3.05, 3.63) is 23.9 Å². The number of carbonyl (C=O) groups is 1. The van der Waals surface area contributed by atoms with E-state index < -0.39 is 15.4 Å². The van der Waals surface area contributed by atoms with E-state index in [1.807, 2.05) is 38.8 Å². The summed E-state index contributed by atoms with van der Waals surface area (Å²) in [6.07, 6.45) is 2.78. The van der Waals surface area contributed by atoms with E-state index in [2.05, 4.69) is 10.3 Å². The van der Waals surface area contributed by atoms with Crippen LogP contribution in [-0.4, -0.2) is 44.7 Å². The van der Waals surface area contributed by atoms with Crippen LogP contribution in [0.2, 0.25) is 0 Å². The van der Waals surface area contributed by atoms with Crippen molar-refractivity contribution in [2.24, 2.45) is 5.73 Å². The molecular formula is C20H30N4O3S2. The summed E-state index contributed by atoms with van der Waals surface area (Å²) in [5, 5.41) is 3.22. The number of thiazole rings is 1. The van der Waals surface area contributed by atoms with Crippen molar-refractivity contribution in [1.29, 1.82) is 0 Å². The van der Waals surface area contributed by atoms with Crippen molar-refractivity contribution in [3.8, 4) is 10.4 Å². The number of benzene rings is 1. The summed E-state index contributed by atoms with van der Waals surface area (Å²) in [4.78, 5) is 18.8. The number of hydrogen-bond donors (Lipinski definition) is 2. The molecule has 0 aliphatic carbocycles. The van der Waals surface area contributed by atoms with Gasteiger partial charge in [0.05, 0.1) is 21.2 Å². The van der Waals surface area contributed by atoms with Crippen molar-refractivity contribution < 1.29 is 13.2 Å². The zero-order chi connectivity index (χ0) is 22.0. The third kappa shape index (κ3) is 5.55. The van der Waals surface area contributed by atoms with Gasteiger partial charge in [0.2, 0.25) is 5.91 Å². The molecular weight excluding hydrogens is 408 g/mol. The molecule has 0 radical (unpaired) electrons. The van der Waals surface area contributed by atoms with Crippen LogP contribution in [0.25, 0.3) is 10.4 Å². The van der Waals surface area contributed by atoms with E-state index in [0.29, 0.717) is 17.4 Å². The first-order chi connectivity index (χ1) is 13.4. The van der Waals surface area contributed by atoms with E-state index in [4.69, 9.17) is 5.73 Å². The molecule has 1 aromatic carbocycles. The Morgan fingerprint density at radius 1 is 1.31 bits per heavy atom. The van der Waals surface area contributed by atoms with Crippen LogP contribution in [0.4, 0.5) is 10.8 Å². The highest BCUT2D eigenvalue weighted by molar-refractivity contribution is 7.90. The maximum atomic E-state index is 12.4. The number of carbonyl (C=O) groups excluding carboxylic acids is 1. The van der Waals surface area contributed by atoms with Gasteiger partial charge in [0, 0.05) is 32.3 Å². The van der Waals surface area contributed by atoms with Crippen LogP contribution in [0, 0.1) is 6.92 Å². The summed E-state index contributed by atoms with van der Waals surface area (Å²) in [5.74, 6) is -0.184. The lowest BCUT2D eigenvalue weighted by Gasteiger charge is -2.34. The van der Waals surface area contributed by atoms with E-state index in [1.54, 1.807) is 12.1 Å². The Bertz CT molecular complexity index is 995. The van der Waals surface area contributed by atoms with Crippen LogP contribution in [-0.2, 0) is 14.6 Å². The molecule has 0 aliphatic heterocycles. The average molecular weight is 439 g/mol. The molecule has 1 aromatic heterocycles. The third-order valence-electron chi connectivity index (χ3n) is 5.07. The summed E-state index contributed by atoms with van der Waals surface area (Å²) in [6, 6.07) is 5.27. The highest BCUT2D eigenvalue weighted by Crippen LogP contribution is 2.37. The summed E-state index contributed by atoms with van der Waals surface area (Å²) >= 11 is 1.36. The fraction of sp³-hybridized carbons (Fsp3) is 0.500. The number of sulfone groups is 1. The average Bonchev–Trinajstić information content (AvgIpc) is 2.99. The van der Waals surface area contributed by atoms with Gasteiger partial charge in [-0.15, -0.1) is 0 Å². The molecule has 1 heterocycles. The van der Waals surface area contributed by atoms with E-state index >= 15 is 0 Å². The van der Waals surface area contributed by atoms with Crippen molar-refractivity contribution in [1.82, 2.24) is 4.98 Å². The molecule has 2 aromatic rings. The highest BCUT2D eigenvalue weighted by Gasteiger charge is 2.26. The Labute approximate surface area is 177 Å².